The van der Waals surface area contributed by atoms with Crippen molar-refractivity contribution in [1.82, 2.24) is 4.90 Å². The van der Waals surface area contributed by atoms with Crippen molar-refractivity contribution in [3.63, 3.8) is 0 Å². The summed E-state index contributed by atoms with van der Waals surface area (Å²) in [5.74, 6) is 0.0384. The zero-order chi connectivity index (χ0) is 14.8. The van der Waals surface area contributed by atoms with Crippen molar-refractivity contribution in [3.05, 3.63) is 30.3 Å². The first-order valence-electron chi connectivity index (χ1n) is 7.82. The Morgan fingerprint density at radius 2 is 1.95 bits per heavy atom. The van der Waals surface area contributed by atoms with Crippen LogP contribution in [-0.2, 0) is 9.59 Å². The van der Waals surface area contributed by atoms with Crippen molar-refractivity contribution in [3.8, 4) is 0 Å². The first-order chi connectivity index (χ1) is 10.2. The highest BCUT2D eigenvalue weighted by atomic mass is 16.2. The second-order valence-electron chi connectivity index (χ2n) is 6.12. The van der Waals surface area contributed by atoms with E-state index in [1.807, 2.05) is 35.2 Å². The molecule has 112 valence electrons. The molecule has 0 aliphatic carbocycles. The third kappa shape index (κ3) is 2.80. The molecule has 2 fully saturated rings. The van der Waals surface area contributed by atoms with Gasteiger partial charge < -0.3 is 9.80 Å². The second-order valence-corrected chi connectivity index (χ2v) is 6.12. The Bertz CT molecular complexity index is 529. The van der Waals surface area contributed by atoms with Gasteiger partial charge in [0.2, 0.25) is 11.8 Å². The molecular formula is C17H22N2O2. The van der Waals surface area contributed by atoms with Crippen LogP contribution in [0.3, 0.4) is 0 Å². The van der Waals surface area contributed by atoms with Gasteiger partial charge in [-0.1, -0.05) is 18.2 Å². The summed E-state index contributed by atoms with van der Waals surface area (Å²) in [6.07, 6.45) is 3.70. The standard InChI is InChI=1S/C17H22N2O2/c1-13-7-5-6-10-18(13)17(21)14-11-16(20)19(12-14)15-8-3-2-4-9-15/h2-4,8-9,13-14H,5-7,10-12H2,1H3/t13-,14+/m0/s1. The van der Waals surface area contributed by atoms with Crippen LogP contribution in [0.25, 0.3) is 0 Å². The lowest BCUT2D eigenvalue weighted by Gasteiger charge is -2.35. The van der Waals surface area contributed by atoms with Gasteiger partial charge in [0.25, 0.3) is 0 Å². The molecule has 2 atom stereocenters. The molecule has 3 rings (SSSR count). The summed E-state index contributed by atoms with van der Waals surface area (Å²) in [5, 5.41) is 0. The number of hydrogen-bond donors (Lipinski definition) is 0. The zero-order valence-electron chi connectivity index (χ0n) is 12.5. The van der Waals surface area contributed by atoms with E-state index >= 15 is 0 Å². The van der Waals surface area contributed by atoms with Crippen LogP contribution in [0, 0.1) is 5.92 Å². The van der Waals surface area contributed by atoms with Crippen molar-refractivity contribution >= 4 is 17.5 Å². The number of rotatable bonds is 2. The highest BCUT2D eigenvalue weighted by Crippen LogP contribution is 2.28. The van der Waals surface area contributed by atoms with E-state index in [2.05, 4.69) is 6.92 Å². The van der Waals surface area contributed by atoms with Gasteiger partial charge in [0, 0.05) is 31.2 Å². The SMILES string of the molecule is C[C@H]1CCCCN1C(=O)[C@@H]1CC(=O)N(c2ccccc2)C1. The first kappa shape index (κ1) is 14.1. The number of likely N-dealkylation sites (tertiary alicyclic amines) is 1. The smallest absolute Gasteiger partial charge is 0.228 e. The molecule has 4 heteroatoms. The van der Waals surface area contributed by atoms with Gasteiger partial charge in [-0.3, -0.25) is 9.59 Å². The molecule has 2 heterocycles. The summed E-state index contributed by atoms with van der Waals surface area (Å²) in [6.45, 7) is 3.48. The number of carbonyl (C=O) groups excluding carboxylic acids is 2. The summed E-state index contributed by atoms with van der Waals surface area (Å²) < 4.78 is 0. The summed E-state index contributed by atoms with van der Waals surface area (Å²) in [7, 11) is 0. The van der Waals surface area contributed by atoms with Crippen LogP contribution in [0.1, 0.15) is 32.6 Å². The minimum Gasteiger partial charge on any atom is -0.340 e. The minimum atomic E-state index is -0.182. The summed E-state index contributed by atoms with van der Waals surface area (Å²) >= 11 is 0. The number of benzene rings is 1. The van der Waals surface area contributed by atoms with Crippen LogP contribution in [0.5, 0.6) is 0 Å². The van der Waals surface area contributed by atoms with Crippen molar-refractivity contribution in [1.29, 1.82) is 0 Å². The first-order valence-corrected chi connectivity index (χ1v) is 7.82. The van der Waals surface area contributed by atoms with Crippen molar-refractivity contribution in [2.45, 2.75) is 38.6 Å². The van der Waals surface area contributed by atoms with Gasteiger partial charge in [0.05, 0.1) is 5.92 Å². The van der Waals surface area contributed by atoms with E-state index < -0.39 is 0 Å². The lowest BCUT2D eigenvalue weighted by Crippen LogP contribution is -2.45. The Kier molecular flexibility index (Phi) is 3.95. The number of anilines is 1. The van der Waals surface area contributed by atoms with E-state index in [0.717, 1.165) is 25.1 Å². The normalized spacial score (nSPS) is 26.2. The van der Waals surface area contributed by atoms with E-state index in [9.17, 15) is 9.59 Å². The summed E-state index contributed by atoms with van der Waals surface area (Å²) in [5.41, 5.74) is 0.893. The Hall–Kier alpha value is -1.84. The van der Waals surface area contributed by atoms with Crippen molar-refractivity contribution in [2.75, 3.05) is 18.0 Å². The topological polar surface area (TPSA) is 40.6 Å². The number of nitrogens with zero attached hydrogens (tertiary/aromatic N) is 2. The van der Waals surface area contributed by atoms with Gasteiger partial charge in [0.1, 0.15) is 0 Å². The largest absolute Gasteiger partial charge is 0.340 e. The third-order valence-electron chi connectivity index (χ3n) is 4.63. The van der Waals surface area contributed by atoms with Crippen molar-refractivity contribution in [2.24, 2.45) is 5.92 Å². The van der Waals surface area contributed by atoms with Gasteiger partial charge in [-0.2, -0.15) is 0 Å². The van der Waals surface area contributed by atoms with Crippen LogP contribution in [0.4, 0.5) is 5.69 Å². The number of amides is 2. The van der Waals surface area contributed by atoms with Gasteiger partial charge in [0.15, 0.2) is 0 Å². The number of hydrogen-bond acceptors (Lipinski definition) is 2. The Morgan fingerprint density at radius 3 is 2.67 bits per heavy atom. The molecule has 0 saturated carbocycles. The molecule has 1 aromatic rings. The Balaban J connectivity index is 1.71. The van der Waals surface area contributed by atoms with Crippen LogP contribution in [-0.4, -0.2) is 35.8 Å². The fraction of sp³-hybridized carbons (Fsp3) is 0.529. The van der Waals surface area contributed by atoms with E-state index in [4.69, 9.17) is 0 Å². The second kappa shape index (κ2) is 5.88. The molecule has 0 spiro atoms. The molecule has 2 aliphatic rings. The van der Waals surface area contributed by atoms with E-state index in [0.29, 0.717) is 19.0 Å². The number of carbonyl (C=O) groups is 2. The van der Waals surface area contributed by atoms with E-state index in [-0.39, 0.29) is 17.7 Å². The molecule has 2 saturated heterocycles. The molecule has 0 aromatic heterocycles. The monoisotopic (exact) mass is 286 g/mol. The molecule has 2 amide bonds. The molecule has 0 unspecified atom stereocenters. The molecule has 2 aliphatic heterocycles. The van der Waals surface area contributed by atoms with Crippen LogP contribution < -0.4 is 4.90 Å². The molecule has 0 N–H and O–H groups in total. The highest BCUT2D eigenvalue weighted by molar-refractivity contribution is 6.00. The average molecular weight is 286 g/mol. The zero-order valence-corrected chi connectivity index (χ0v) is 12.5. The van der Waals surface area contributed by atoms with Gasteiger partial charge in [-0.25, -0.2) is 0 Å². The maximum Gasteiger partial charge on any atom is 0.228 e. The lowest BCUT2D eigenvalue weighted by atomic mass is 9.99. The third-order valence-corrected chi connectivity index (χ3v) is 4.63. The predicted molar refractivity (Wildman–Crippen MR) is 81.9 cm³/mol. The van der Waals surface area contributed by atoms with E-state index in [1.165, 1.54) is 6.42 Å². The maximum absolute atomic E-state index is 12.7. The highest BCUT2D eigenvalue weighted by Gasteiger charge is 2.38. The predicted octanol–water partition coefficient (Wildman–Crippen LogP) is 2.44. The molecular weight excluding hydrogens is 264 g/mol. The molecule has 4 nitrogen and oxygen atoms in total. The fourth-order valence-electron chi connectivity index (χ4n) is 3.39. The molecule has 0 radical (unpaired) electrons. The maximum atomic E-state index is 12.7. The van der Waals surface area contributed by atoms with Crippen LogP contribution in [0.15, 0.2) is 30.3 Å². The Labute approximate surface area is 125 Å². The molecule has 21 heavy (non-hydrogen) atoms. The Morgan fingerprint density at radius 1 is 1.19 bits per heavy atom. The van der Waals surface area contributed by atoms with E-state index in [1.54, 1.807) is 4.90 Å². The molecule has 0 bridgehead atoms. The summed E-state index contributed by atoms with van der Waals surface area (Å²) in [6, 6.07) is 9.94. The lowest BCUT2D eigenvalue weighted by molar-refractivity contribution is -0.139. The van der Waals surface area contributed by atoms with Crippen molar-refractivity contribution < 1.29 is 9.59 Å². The van der Waals surface area contributed by atoms with Crippen LogP contribution >= 0.6 is 0 Å². The molecule has 1 aromatic carbocycles. The summed E-state index contributed by atoms with van der Waals surface area (Å²) in [4.78, 5) is 28.6. The van der Waals surface area contributed by atoms with Crippen LogP contribution in [0.2, 0.25) is 0 Å². The minimum absolute atomic E-state index is 0.0595. The fourth-order valence-corrected chi connectivity index (χ4v) is 3.39. The number of piperidine rings is 1. The van der Waals surface area contributed by atoms with Gasteiger partial charge >= 0.3 is 0 Å². The quantitative estimate of drug-likeness (QED) is 0.838. The van der Waals surface area contributed by atoms with Gasteiger partial charge in [-0.05, 0) is 38.3 Å². The number of para-hydroxylation sites is 1. The van der Waals surface area contributed by atoms with Gasteiger partial charge in [-0.15, -0.1) is 0 Å². The average Bonchev–Trinajstić information content (AvgIpc) is 2.90.